The number of carbonyl (C=O) groups excluding carboxylic acids is 1. The number of halogens is 3. The molecular formula is C9H9F2IN2O2. The summed E-state index contributed by atoms with van der Waals surface area (Å²) in [6.07, 6.45) is -2.77. The van der Waals surface area contributed by atoms with Gasteiger partial charge >= 0.3 is 5.97 Å². The molecule has 0 saturated carbocycles. The number of rotatable bonds is 3. The zero-order valence-corrected chi connectivity index (χ0v) is 10.5. The summed E-state index contributed by atoms with van der Waals surface area (Å²) in [5, 5.41) is 0. The number of ether oxygens (including phenoxy) is 1. The molecule has 1 heterocycles. The highest BCUT2D eigenvalue weighted by atomic mass is 127. The minimum Gasteiger partial charge on any atom is -0.465 e. The van der Waals surface area contributed by atoms with Crippen molar-refractivity contribution in [3.8, 4) is 0 Å². The smallest absolute Gasteiger partial charge is 0.341 e. The van der Waals surface area contributed by atoms with Crippen molar-refractivity contribution in [3.05, 3.63) is 26.6 Å². The molecule has 16 heavy (non-hydrogen) atoms. The van der Waals surface area contributed by atoms with Crippen LogP contribution in [0, 0.1) is 3.70 Å². The summed E-state index contributed by atoms with van der Waals surface area (Å²) in [5.74, 6) is -0.823. The van der Waals surface area contributed by atoms with Crippen LogP contribution in [-0.2, 0) is 11.3 Å². The van der Waals surface area contributed by atoms with Gasteiger partial charge in [0.05, 0.1) is 12.8 Å². The monoisotopic (exact) mass is 342 g/mol. The Morgan fingerprint density at radius 2 is 2.31 bits per heavy atom. The predicted octanol–water partition coefficient (Wildman–Crippen LogP) is 1.87. The van der Waals surface area contributed by atoms with Crippen LogP contribution in [0.2, 0.25) is 0 Å². The second kappa shape index (κ2) is 5.48. The summed E-state index contributed by atoms with van der Waals surface area (Å²) < 4.78 is 30.1. The van der Waals surface area contributed by atoms with E-state index in [1.807, 2.05) is 0 Å². The first kappa shape index (κ1) is 13.2. The third-order valence-corrected chi connectivity index (χ3v) is 2.67. The minimum atomic E-state index is -2.77. The molecule has 0 bridgehead atoms. The van der Waals surface area contributed by atoms with Crippen molar-refractivity contribution in [1.82, 2.24) is 4.98 Å². The number of esters is 1. The number of carbonyl (C=O) groups is 1. The first-order chi connectivity index (χ1) is 7.51. The maximum Gasteiger partial charge on any atom is 0.341 e. The minimum absolute atomic E-state index is 0.0389. The molecule has 88 valence electrons. The van der Waals surface area contributed by atoms with Crippen LogP contribution < -0.4 is 5.73 Å². The van der Waals surface area contributed by atoms with Gasteiger partial charge in [0.1, 0.15) is 9.26 Å². The Morgan fingerprint density at radius 3 is 2.75 bits per heavy atom. The van der Waals surface area contributed by atoms with Gasteiger partial charge in [-0.1, -0.05) is 0 Å². The lowest BCUT2D eigenvalue weighted by Gasteiger charge is -2.10. The standard InChI is InChI=1S/C9H9F2IN2O2/c1-16-9(15)6-5(7(10)11)2-4(3-13)14-8(6)12/h2,7H,3,13H2,1H3. The maximum absolute atomic E-state index is 12.7. The number of alkyl halides is 2. The fourth-order valence-corrected chi connectivity index (χ4v) is 2.01. The molecule has 0 aliphatic rings. The summed E-state index contributed by atoms with van der Waals surface area (Å²) in [5.41, 5.74) is 5.04. The highest BCUT2D eigenvalue weighted by Crippen LogP contribution is 2.27. The lowest BCUT2D eigenvalue weighted by Crippen LogP contribution is -2.13. The van der Waals surface area contributed by atoms with Gasteiger partial charge in [0.2, 0.25) is 0 Å². The summed E-state index contributed by atoms with van der Waals surface area (Å²) in [6.45, 7) is 0.0389. The summed E-state index contributed by atoms with van der Waals surface area (Å²) in [7, 11) is 1.13. The second-order valence-electron chi connectivity index (χ2n) is 2.87. The van der Waals surface area contributed by atoms with Crippen molar-refractivity contribution >= 4 is 28.6 Å². The molecule has 0 radical (unpaired) electrons. The van der Waals surface area contributed by atoms with Gasteiger partial charge in [-0.15, -0.1) is 0 Å². The van der Waals surface area contributed by atoms with E-state index in [9.17, 15) is 13.6 Å². The van der Waals surface area contributed by atoms with Gasteiger partial charge in [-0.3, -0.25) is 0 Å². The van der Waals surface area contributed by atoms with Gasteiger partial charge in [0.15, 0.2) is 0 Å². The fourth-order valence-electron chi connectivity index (χ4n) is 1.17. The summed E-state index contributed by atoms with van der Waals surface area (Å²) in [6, 6.07) is 1.12. The topological polar surface area (TPSA) is 65.2 Å². The van der Waals surface area contributed by atoms with E-state index in [4.69, 9.17) is 5.73 Å². The molecule has 1 rings (SSSR count). The van der Waals surface area contributed by atoms with E-state index in [0.29, 0.717) is 5.69 Å². The Kier molecular flexibility index (Phi) is 4.54. The zero-order valence-electron chi connectivity index (χ0n) is 8.34. The first-order valence-corrected chi connectivity index (χ1v) is 5.35. The maximum atomic E-state index is 12.7. The largest absolute Gasteiger partial charge is 0.465 e. The molecule has 1 aromatic rings. The summed E-state index contributed by atoms with van der Waals surface area (Å²) >= 11 is 1.71. The lowest BCUT2D eigenvalue weighted by atomic mass is 10.1. The van der Waals surface area contributed by atoms with Crippen molar-refractivity contribution < 1.29 is 18.3 Å². The van der Waals surface area contributed by atoms with E-state index < -0.39 is 18.0 Å². The molecule has 4 nitrogen and oxygen atoms in total. The van der Waals surface area contributed by atoms with E-state index in [-0.39, 0.29) is 15.8 Å². The third kappa shape index (κ3) is 2.64. The van der Waals surface area contributed by atoms with E-state index in [2.05, 4.69) is 9.72 Å². The molecule has 0 amide bonds. The molecule has 2 N–H and O–H groups in total. The van der Waals surface area contributed by atoms with Crippen molar-refractivity contribution in [2.75, 3.05) is 7.11 Å². The van der Waals surface area contributed by atoms with Crippen LogP contribution in [0.3, 0.4) is 0 Å². The first-order valence-electron chi connectivity index (χ1n) is 4.27. The highest BCUT2D eigenvalue weighted by Gasteiger charge is 2.23. The molecule has 0 saturated heterocycles. The number of nitrogens with zero attached hydrogens (tertiary/aromatic N) is 1. The van der Waals surface area contributed by atoms with Crippen molar-refractivity contribution in [2.45, 2.75) is 13.0 Å². The molecule has 0 fully saturated rings. The van der Waals surface area contributed by atoms with Gasteiger partial charge in [-0.2, -0.15) is 0 Å². The highest BCUT2D eigenvalue weighted by molar-refractivity contribution is 14.1. The lowest BCUT2D eigenvalue weighted by molar-refractivity contribution is 0.0587. The van der Waals surface area contributed by atoms with Crippen LogP contribution in [0.4, 0.5) is 8.78 Å². The average molecular weight is 342 g/mol. The molecule has 1 aromatic heterocycles. The summed E-state index contributed by atoms with van der Waals surface area (Å²) in [4.78, 5) is 15.3. The normalized spacial score (nSPS) is 10.6. The average Bonchev–Trinajstić information content (AvgIpc) is 2.26. The second-order valence-corrected chi connectivity index (χ2v) is 3.89. The van der Waals surface area contributed by atoms with Crippen LogP contribution >= 0.6 is 22.6 Å². The van der Waals surface area contributed by atoms with E-state index in [1.54, 1.807) is 22.6 Å². The number of methoxy groups -OCH3 is 1. The van der Waals surface area contributed by atoms with E-state index in [1.165, 1.54) is 0 Å². The van der Waals surface area contributed by atoms with Gasteiger partial charge in [0.25, 0.3) is 6.43 Å². The SMILES string of the molecule is COC(=O)c1c(C(F)F)cc(CN)nc1I. The van der Waals surface area contributed by atoms with E-state index >= 15 is 0 Å². The van der Waals surface area contributed by atoms with Crippen LogP contribution in [0.5, 0.6) is 0 Å². The molecule has 0 aromatic carbocycles. The Morgan fingerprint density at radius 1 is 1.69 bits per heavy atom. The van der Waals surface area contributed by atoms with Crippen molar-refractivity contribution in [3.63, 3.8) is 0 Å². The molecule has 0 aliphatic carbocycles. The van der Waals surface area contributed by atoms with E-state index in [0.717, 1.165) is 13.2 Å². The third-order valence-electron chi connectivity index (χ3n) is 1.89. The Labute approximate surface area is 104 Å². The van der Waals surface area contributed by atoms with Crippen LogP contribution in [0.25, 0.3) is 0 Å². The molecule has 0 atom stereocenters. The van der Waals surface area contributed by atoms with Crippen LogP contribution in [0.1, 0.15) is 28.0 Å². The van der Waals surface area contributed by atoms with Crippen LogP contribution in [-0.4, -0.2) is 18.1 Å². The van der Waals surface area contributed by atoms with Crippen molar-refractivity contribution in [1.29, 1.82) is 0 Å². The number of hydrogen-bond donors (Lipinski definition) is 1. The molecular weight excluding hydrogens is 333 g/mol. The van der Waals surface area contributed by atoms with Crippen molar-refractivity contribution in [2.24, 2.45) is 5.73 Å². The molecule has 7 heteroatoms. The van der Waals surface area contributed by atoms with Gasteiger partial charge in [-0.25, -0.2) is 18.6 Å². The quantitative estimate of drug-likeness (QED) is 0.518. The number of pyridine rings is 1. The Hall–Kier alpha value is -0.830. The zero-order chi connectivity index (χ0) is 12.3. The number of nitrogens with two attached hydrogens (primary N) is 1. The Bertz CT molecular complexity index is 413. The fraction of sp³-hybridized carbons (Fsp3) is 0.333. The Balaban J connectivity index is 3.39. The molecule has 0 spiro atoms. The molecule has 0 unspecified atom stereocenters. The van der Waals surface area contributed by atoms with Gasteiger partial charge < -0.3 is 10.5 Å². The number of hydrogen-bond acceptors (Lipinski definition) is 4. The van der Waals surface area contributed by atoms with Gasteiger partial charge in [-0.05, 0) is 28.7 Å². The predicted molar refractivity (Wildman–Crippen MR) is 61.1 cm³/mol. The van der Waals surface area contributed by atoms with Gasteiger partial charge in [0, 0.05) is 12.1 Å². The molecule has 0 aliphatic heterocycles. The number of aromatic nitrogens is 1. The van der Waals surface area contributed by atoms with Crippen LogP contribution in [0.15, 0.2) is 6.07 Å².